The summed E-state index contributed by atoms with van der Waals surface area (Å²) in [6, 6.07) is 9.90. The van der Waals surface area contributed by atoms with Crippen LogP contribution in [0.4, 0.5) is 0 Å². The van der Waals surface area contributed by atoms with E-state index in [0.717, 1.165) is 30.3 Å². The van der Waals surface area contributed by atoms with Crippen molar-refractivity contribution in [1.82, 2.24) is 0 Å². The average Bonchev–Trinajstić information content (AvgIpc) is 3.58. The lowest BCUT2D eigenvalue weighted by molar-refractivity contribution is -0.311. The summed E-state index contributed by atoms with van der Waals surface area (Å²) in [5.41, 5.74) is -1.21. The molecule has 0 spiro atoms. The van der Waals surface area contributed by atoms with E-state index in [2.05, 4.69) is 13.0 Å². The molecule has 6 rings (SSSR count). The topological polar surface area (TPSA) is 112 Å². The van der Waals surface area contributed by atoms with Crippen LogP contribution in [0, 0.1) is 45.8 Å². The number of rotatable bonds is 11. The molecule has 0 amide bonds. The maximum Gasteiger partial charge on any atom is 0.315 e. The molecule has 1 saturated heterocycles. The highest BCUT2D eigenvalue weighted by atomic mass is 16.7. The summed E-state index contributed by atoms with van der Waals surface area (Å²) in [5, 5.41) is 22.8. The van der Waals surface area contributed by atoms with Gasteiger partial charge in [-0.05, 0) is 61.3 Å². The molecule has 0 radical (unpaired) electrons. The van der Waals surface area contributed by atoms with Crippen LogP contribution in [0.15, 0.2) is 48.1 Å². The average molecular weight is 609 g/mol. The quantitative estimate of drug-likeness (QED) is 0.262. The Balaban J connectivity index is 1.28. The molecular formula is C36H48O8. The van der Waals surface area contributed by atoms with E-state index >= 15 is 0 Å². The molecule has 3 saturated carbocycles. The Hall–Kier alpha value is -2.36. The highest BCUT2D eigenvalue weighted by Gasteiger charge is 2.84. The maximum absolute atomic E-state index is 13.7. The molecule has 1 aromatic carbocycles. The van der Waals surface area contributed by atoms with Crippen molar-refractivity contribution in [1.29, 1.82) is 0 Å². The molecule has 0 aromatic heterocycles. The molecule has 8 nitrogen and oxygen atoms in total. The number of hydrogen-bond acceptors (Lipinski definition) is 7. The summed E-state index contributed by atoms with van der Waals surface area (Å²) in [4.78, 5) is 27.0. The van der Waals surface area contributed by atoms with Gasteiger partial charge in [-0.25, -0.2) is 0 Å². The molecule has 1 aliphatic heterocycles. The number of carbonyl (C=O) groups excluding carboxylic acids is 1. The number of aliphatic carboxylic acids is 1. The highest BCUT2D eigenvalue weighted by molar-refractivity contribution is 5.90. The van der Waals surface area contributed by atoms with Crippen molar-refractivity contribution in [3.8, 4) is 0 Å². The van der Waals surface area contributed by atoms with Gasteiger partial charge in [0.25, 0.3) is 0 Å². The van der Waals surface area contributed by atoms with Gasteiger partial charge in [0, 0.05) is 12.5 Å². The van der Waals surface area contributed by atoms with Crippen LogP contribution >= 0.6 is 0 Å². The standard InChI is InChI=1S/C36H48O8/c1-21(2)28-16-25-17-34(19-37)27-14-13-22(3)26(27)18-35(25,36(28,34)33(39)40)20-43-32-29(38)31(30(41-5)23(4)44-32)42-15-9-12-24-10-7-6-8-11-24/h6-12,16,19,21-23,25-27,29-32,38H,13-15,17-18,20H2,1-5H3,(H,39,40)/b12-9+. The van der Waals surface area contributed by atoms with Crippen molar-refractivity contribution in [2.24, 2.45) is 45.8 Å². The van der Waals surface area contributed by atoms with Crippen molar-refractivity contribution >= 4 is 18.3 Å². The maximum atomic E-state index is 13.7. The van der Waals surface area contributed by atoms with E-state index in [1.54, 1.807) is 7.11 Å². The minimum absolute atomic E-state index is 0.0220. The number of carbonyl (C=O) groups is 2. The lowest BCUT2D eigenvalue weighted by atomic mass is 9.43. The summed E-state index contributed by atoms with van der Waals surface area (Å²) < 4.78 is 24.6. The molecule has 240 valence electrons. The Morgan fingerprint density at radius 1 is 1.11 bits per heavy atom. The molecule has 2 N–H and O–H groups in total. The van der Waals surface area contributed by atoms with Crippen molar-refractivity contribution in [3.05, 3.63) is 53.6 Å². The molecular weight excluding hydrogens is 560 g/mol. The largest absolute Gasteiger partial charge is 0.481 e. The van der Waals surface area contributed by atoms with Gasteiger partial charge in [-0.3, -0.25) is 4.79 Å². The smallest absolute Gasteiger partial charge is 0.315 e. The Morgan fingerprint density at radius 2 is 1.86 bits per heavy atom. The van der Waals surface area contributed by atoms with Gasteiger partial charge in [-0.2, -0.15) is 0 Å². The van der Waals surface area contributed by atoms with E-state index < -0.39 is 52.9 Å². The Labute approximate surface area is 260 Å². The number of allylic oxidation sites excluding steroid dienone is 1. The zero-order chi connectivity index (χ0) is 31.4. The van der Waals surface area contributed by atoms with Crippen LogP contribution in [0.2, 0.25) is 0 Å². The number of aliphatic hydroxyl groups excluding tert-OH is 1. The Bertz CT molecular complexity index is 1290. The molecule has 4 bridgehead atoms. The number of aliphatic hydroxyl groups is 1. The van der Waals surface area contributed by atoms with Crippen LogP contribution < -0.4 is 0 Å². The van der Waals surface area contributed by atoms with E-state index in [1.165, 1.54) is 0 Å². The van der Waals surface area contributed by atoms with Crippen molar-refractivity contribution in [2.45, 2.75) is 84.1 Å². The summed E-state index contributed by atoms with van der Waals surface area (Å²) in [6.45, 7) is 8.50. The van der Waals surface area contributed by atoms with Crippen LogP contribution in [-0.4, -0.2) is 73.5 Å². The fourth-order valence-corrected chi connectivity index (χ4v) is 10.4. The van der Waals surface area contributed by atoms with Gasteiger partial charge in [0.05, 0.1) is 24.7 Å². The zero-order valence-electron chi connectivity index (χ0n) is 26.6. The monoisotopic (exact) mass is 608 g/mol. The predicted octanol–water partition coefficient (Wildman–Crippen LogP) is 5.15. The number of fused-ring (bicyclic) bond motifs is 2. The van der Waals surface area contributed by atoms with Gasteiger partial charge in [0.2, 0.25) is 0 Å². The first kappa shape index (κ1) is 31.6. The molecule has 12 atom stereocenters. The van der Waals surface area contributed by atoms with Crippen LogP contribution in [0.5, 0.6) is 0 Å². The molecule has 4 fully saturated rings. The van der Waals surface area contributed by atoms with Gasteiger partial charge in [0.15, 0.2) is 6.29 Å². The molecule has 12 unspecified atom stereocenters. The lowest BCUT2D eigenvalue weighted by Gasteiger charge is -2.58. The third kappa shape index (κ3) is 4.35. The van der Waals surface area contributed by atoms with Gasteiger partial charge < -0.3 is 34.0 Å². The molecule has 5 aliphatic rings. The van der Waals surface area contributed by atoms with Crippen molar-refractivity contribution < 1.29 is 38.7 Å². The number of ether oxygens (including phenoxy) is 4. The van der Waals surface area contributed by atoms with Crippen LogP contribution in [-0.2, 0) is 28.5 Å². The minimum atomic E-state index is -1.34. The van der Waals surface area contributed by atoms with Gasteiger partial charge in [0.1, 0.15) is 30.0 Å². The van der Waals surface area contributed by atoms with E-state index in [1.807, 2.05) is 63.3 Å². The molecule has 1 aromatic rings. The fourth-order valence-electron chi connectivity index (χ4n) is 10.4. The van der Waals surface area contributed by atoms with E-state index in [-0.39, 0.29) is 36.9 Å². The van der Waals surface area contributed by atoms with E-state index in [0.29, 0.717) is 18.8 Å². The third-order valence-corrected chi connectivity index (χ3v) is 12.1. The first-order valence-corrected chi connectivity index (χ1v) is 16.3. The number of aldehydes is 1. The van der Waals surface area contributed by atoms with Gasteiger partial charge in [-0.1, -0.05) is 81.3 Å². The molecule has 8 heteroatoms. The summed E-state index contributed by atoms with van der Waals surface area (Å²) in [7, 11) is 1.57. The number of hydrogen-bond donors (Lipinski definition) is 2. The van der Waals surface area contributed by atoms with Crippen molar-refractivity contribution in [3.63, 3.8) is 0 Å². The third-order valence-electron chi connectivity index (χ3n) is 12.1. The first-order chi connectivity index (χ1) is 21.1. The van der Waals surface area contributed by atoms with E-state index in [4.69, 9.17) is 18.9 Å². The summed E-state index contributed by atoms with van der Waals surface area (Å²) >= 11 is 0. The van der Waals surface area contributed by atoms with Crippen LogP contribution in [0.25, 0.3) is 6.08 Å². The second-order valence-corrected chi connectivity index (χ2v) is 14.3. The molecule has 1 heterocycles. The van der Waals surface area contributed by atoms with Crippen LogP contribution in [0.3, 0.4) is 0 Å². The second kappa shape index (κ2) is 11.8. The predicted molar refractivity (Wildman–Crippen MR) is 164 cm³/mol. The lowest BCUT2D eigenvalue weighted by Crippen LogP contribution is -2.64. The zero-order valence-corrected chi connectivity index (χ0v) is 26.6. The van der Waals surface area contributed by atoms with Crippen molar-refractivity contribution in [2.75, 3.05) is 20.3 Å². The Kier molecular flexibility index (Phi) is 8.46. The highest BCUT2D eigenvalue weighted by Crippen LogP contribution is 2.82. The summed E-state index contributed by atoms with van der Waals surface area (Å²) in [6.07, 6.45) is 6.26. The second-order valence-electron chi connectivity index (χ2n) is 14.3. The SMILES string of the molecule is COC1C(C)OC(OCC23CC4C(C)CCC4C4(C=O)CC2C=C(C(C)C)C43C(=O)O)C(O)C1OC/C=C/c1ccccc1. The number of carboxylic acids is 1. The van der Waals surface area contributed by atoms with Crippen LogP contribution in [0.1, 0.15) is 58.9 Å². The summed E-state index contributed by atoms with van der Waals surface area (Å²) in [5.74, 6) is -0.332. The minimum Gasteiger partial charge on any atom is -0.481 e. The first-order valence-electron chi connectivity index (χ1n) is 16.3. The van der Waals surface area contributed by atoms with Gasteiger partial charge >= 0.3 is 5.97 Å². The normalized spacial score (nSPS) is 44.2. The van der Waals surface area contributed by atoms with Gasteiger partial charge in [-0.15, -0.1) is 0 Å². The molecule has 44 heavy (non-hydrogen) atoms. The number of methoxy groups -OCH3 is 1. The molecule has 4 aliphatic carbocycles. The Morgan fingerprint density at radius 3 is 2.52 bits per heavy atom. The fraction of sp³-hybridized carbons (Fsp3) is 0.667. The number of benzene rings is 1. The van der Waals surface area contributed by atoms with E-state index in [9.17, 15) is 19.8 Å². The number of carboxylic acid groups (broad SMARTS) is 1.